The predicted molar refractivity (Wildman–Crippen MR) is 61.4 cm³/mol. The number of rotatable bonds is 4. The van der Waals surface area contributed by atoms with Crippen molar-refractivity contribution in [3.05, 3.63) is 48.2 Å². The molecule has 2 nitrogen and oxygen atoms in total. The number of aryl methyl sites for hydroxylation is 1. The maximum Gasteiger partial charge on any atom is 0.0362 e. The zero-order valence-electron chi connectivity index (χ0n) is 8.48. The van der Waals surface area contributed by atoms with Gasteiger partial charge in [-0.2, -0.15) is 0 Å². The summed E-state index contributed by atoms with van der Waals surface area (Å²) in [4.78, 5) is 4.14. The molecule has 2 N–H and O–H groups in total. The van der Waals surface area contributed by atoms with Crippen molar-refractivity contribution in [2.24, 2.45) is 10.7 Å². The van der Waals surface area contributed by atoms with Crippen molar-refractivity contribution >= 4 is 5.71 Å². The number of allylic oxidation sites excluding steroid dienone is 1. The van der Waals surface area contributed by atoms with E-state index >= 15 is 0 Å². The summed E-state index contributed by atoms with van der Waals surface area (Å²) in [5.74, 6) is 0. The molecule has 0 fully saturated rings. The van der Waals surface area contributed by atoms with E-state index in [4.69, 9.17) is 5.73 Å². The fourth-order valence-electron chi connectivity index (χ4n) is 1.30. The van der Waals surface area contributed by atoms with Crippen LogP contribution in [0, 0.1) is 0 Å². The summed E-state index contributed by atoms with van der Waals surface area (Å²) in [5, 5.41) is 0. The molecule has 0 unspecified atom stereocenters. The molecule has 0 aliphatic carbocycles. The molecule has 0 heterocycles. The minimum absolute atomic E-state index is 0.939. The van der Waals surface area contributed by atoms with Gasteiger partial charge in [0, 0.05) is 12.8 Å². The average molecular weight is 188 g/mol. The Bertz CT molecular complexity index is 312. The molecule has 2 heteroatoms. The number of aliphatic imine (C=N–C) groups is 1. The monoisotopic (exact) mass is 188 g/mol. The van der Waals surface area contributed by atoms with Gasteiger partial charge in [0.25, 0.3) is 0 Å². The summed E-state index contributed by atoms with van der Waals surface area (Å²) in [5.41, 5.74) is 7.68. The fourth-order valence-corrected chi connectivity index (χ4v) is 1.30. The molecular weight excluding hydrogens is 172 g/mol. The van der Waals surface area contributed by atoms with Gasteiger partial charge >= 0.3 is 0 Å². The van der Waals surface area contributed by atoms with E-state index in [-0.39, 0.29) is 0 Å². The molecule has 0 saturated carbocycles. The second kappa shape index (κ2) is 5.97. The van der Waals surface area contributed by atoms with E-state index in [9.17, 15) is 0 Å². The highest BCUT2D eigenvalue weighted by molar-refractivity contribution is 5.94. The SMILES string of the molecule is CN=C(C=CN)CCc1ccccc1. The van der Waals surface area contributed by atoms with Gasteiger partial charge in [0.2, 0.25) is 0 Å². The van der Waals surface area contributed by atoms with Crippen molar-refractivity contribution in [1.29, 1.82) is 0 Å². The second-order valence-corrected chi connectivity index (χ2v) is 3.06. The third-order valence-corrected chi connectivity index (χ3v) is 2.09. The summed E-state index contributed by atoms with van der Waals surface area (Å²) < 4.78 is 0. The first kappa shape index (κ1) is 10.5. The van der Waals surface area contributed by atoms with Crippen molar-refractivity contribution in [2.45, 2.75) is 12.8 Å². The van der Waals surface area contributed by atoms with E-state index in [0.29, 0.717) is 0 Å². The first-order valence-corrected chi connectivity index (χ1v) is 4.74. The van der Waals surface area contributed by atoms with Crippen LogP contribution in [0.3, 0.4) is 0 Å². The smallest absolute Gasteiger partial charge is 0.0362 e. The van der Waals surface area contributed by atoms with Crippen molar-refractivity contribution < 1.29 is 0 Å². The molecule has 1 aromatic carbocycles. The number of hydrogen-bond acceptors (Lipinski definition) is 2. The van der Waals surface area contributed by atoms with Gasteiger partial charge in [-0.25, -0.2) is 0 Å². The molecule has 0 aliphatic heterocycles. The number of nitrogens with zero attached hydrogens (tertiary/aromatic N) is 1. The topological polar surface area (TPSA) is 38.4 Å². The van der Waals surface area contributed by atoms with Crippen LogP contribution in [0.25, 0.3) is 0 Å². The van der Waals surface area contributed by atoms with Crippen LogP contribution in [0.15, 0.2) is 47.6 Å². The summed E-state index contributed by atoms with van der Waals surface area (Å²) >= 11 is 0. The van der Waals surface area contributed by atoms with Crippen molar-refractivity contribution in [3.63, 3.8) is 0 Å². The summed E-state index contributed by atoms with van der Waals surface area (Å²) in [6, 6.07) is 10.4. The van der Waals surface area contributed by atoms with Crippen LogP contribution < -0.4 is 5.73 Å². The standard InChI is InChI=1S/C12H16N2/c1-14-12(9-10-13)8-7-11-5-3-2-4-6-11/h2-6,9-10H,7-8,13H2,1H3. The molecule has 0 spiro atoms. The number of benzene rings is 1. The Morgan fingerprint density at radius 2 is 2.07 bits per heavy atom. The van der Waals surface area contributed by atoms with E-state index in [1.165, 1.54) is 11.8 Å². The Balaban J connectivity index is 2.48. The van der Waals surface area contributed by atoms with Crippen LogP contribution in [-0.2, 0) is 6.42 Å². The molecule has 1 rings (SSSR count). The molecule has 74 valence electrons. The van der Waals surface area contributed by atoms with Crippen molar-refractivity contribution in [2.75, 3.05) is 7.05 Å². The van der Waals surface area contributed by atoms with Gasteiger partial charge in [0.05, 0.1) is 0 Å². The highest BCUT2D eigenvalue weighted by Gasteiger charge is 1.95. The highest BCUT2D eigenvalue weighted by Crippen LogP contribution is 2.03. The molecule has 14 heavy (non-hydrogen) atoms. The van der Waals surface area contributed by atoms with Gasteiger partial charge in [-0.15, -0.1) is 0 Å². The van der Waals surface area contributed by atoms with Gasteiger partial charge in [0.1, 0.15) is 0 Å². The van der Waals surface area contributed by atoms with Crippen LogP contribution in [-0.4, -0.2) is 12.8 Å². The average Bonchev–Trinajstić information content (AvgIpc) is 2.25. The largest absolute Gasteiger partial charge is 0.405 e. The third kappa shape index (κ3) is 3.44. The van der Waals surface area contributed by atoms with Gasteiger partial charge in [-0.3, -0.25) is 4.99 Å². The number of hydrogen-bond donors (Lipinski definition) is 1. The van der Waals surface area contributed by atoms with E-state index in [2.05, 4.69) is 29.3 Å². The van der Waals surface area contributed by atoms with Crippen LogP contribution >= 0.6 is 0 Å². The molecular formula is C12H16N2. The summed E-state index contributed by atoms with van der Waals surface area (Å²) in [7, 11) is 1.79. The molecule has 0 saturated heterocycles. The van der Waals surface area contributed by atoms with E-state index in [1.807, 2.05) is 12.1 Å². The van der Waals surface area contributed by atoms with Crippen LogP contribution in [0.1, 0.15) is 12.0 Å². The van der Waals surface area contributed by atoms with Crippen LogP contribution in [0.2, 0.25) is 0 Å². The predicted octanol–water partition coefficient (Wildman–Crippen LogP) is 2.16. The number of nitrogens with two attached hydrogens (primary N) is 1. The molecule has 0 bridgehead atoms. The Kier molecular flexibility index (Phi) is 4.48. The Morgan fingerprint density at radius 1 is 1.36 bits per heavy atom. The van der Waals surface area contributed by atoms with Gasteiger partial charge in [0.15, 0.2) is 0 Å². The summed E-state index contributed by atoms with van der Waals surface area (Å²) in [6.45, 7) is 0. The lowest BCUT2D eigenvalue weighted by Gasteiger charge is -2.00. The lowest BCUT2D eigenvalue weighted by atomic mass is 10.1. The van der Waals surface area contributed by atoms with Crippen molar-refractivity contribution in [3.8, 4) is 0 Å². The first-order valence-electron chi connectivity index (χ1n) is 4.74. The van der Waals surface area contributed by atoms with Crippen LogP contribution in [0.4, 0.5) is 0 Å². The highest BCUT2D eigenvalue weighted by atomic mass is 14.7. The Labute approximate surface area is 85.2 Å². The minimum Gasteiger partial charge on any atom is -0.405 e. The Morgan fingerprint density at radius 3 is 2.64 bits per heavy atom. The molecule has 0 atom stereocenters. The maximum atomic E-state index is 5.31. The zero-order chi connectivity index (χ0) is 10.2. The van der Waals surface area contributed by atoms with E-state index in [1.54, 1.807) is 7.05 Å². The molecule has 0 amide bonds. The molecule has 0 radical (unpaired) electrons. The van der Waals surface area contributed by atoms with Gasteiger partial charge < -0.3 is 5.73 Å². The molecule has 1 aromatic rings. The Hall–Kier alpha value is -1.57. The lowest BCUT2D eigenvalue weighted by molar-refractivity contribution is 1.04. The summed E-state index contributed by atoms with van der Waals surface area (Å²) in [6.07, 6.45) is 5.34. The fraction of sp³-hybridized carbons (Fsp3) is 0.250. The minimum atomic E-state index is 0.939. The quantitative estimate of drug-likeness (QED) is 0.722. The zero-order valence-corrected chi connectivity index (χ0v) is 8.48. The maximum absolute atomic E-state index is 5.31. The molecule has 0 aromatic heterocycles. The lowest BCUT2D eigenvalue weighted by Crippen LogP contribution is -1.98. The van der Waals surface area contributed by atoms with Crippen molar-refractivity contribution in [1.82, 2.24) is 0 Å². The van der Waals surface area contributed by atoms with E-state index in [0.717, 1.165) is 18.6 Å². The van der Waals surface area contributed by atoms with E-state index < -0.39 is 0 Å². The van der Waals surface area contributed by atoms with Gasteiger partial charge in [-0.05, 0) is 30.7 Å². The third-order valence-electron chi connectivity index (χ3n) is 2.09. The second-order valence-electron chi connectivity index (χ2n) is 3.06. The normalized spacial score (nSPS) is 12.2. The van der Waals surface area contributed by atoms with Gasteiger partial charge in [-0.1, -0.05) is 30.3 Å². The van der Waals surface area contributed by atoms with Crippen LogP contribution in [0.5, 0.6) is 0 Å². The first-order chi connectivity index (χ1) is 6.86. The molecule has 0 aliphatic rings.